The molecule has 0 atom stereocenters. The second-order valence-electron chi connectivity index (χ2n) is 6.58. The van der Waals surface area contributed by atoms with Gasteiger partial charge in [0.15, 0.2) is 0 Å². The zero-order valence-corrected chi connectivity index (χ0v) is 16.0. The first-order valence-electron chi connectivity index (χ1n) is 8.13. The highest BCUT2D eigenvalue weighted by atomic mass is 32.2. The van der Waals surface area contributed by atoms with Crippen molar-refractivity contribution in [3.05, 3.63) is 30.0 Å². The lowest BCUT2D eigenvalue weighted by Gasteiger charge is -2.18. The van der Waals surface area contributed by atoms with Gasteiger partial charge < -0.3 is 9.30 Å². The molecule has 0 amide bonds. The van der Waals surface area contributed by atoms with Crippen molar-refractivity contribution < 1.29 is 4.74 Å². The summed E-state index contributed by atoms with van der Waals surface area (Å²) in [5, 5.41) is 1.34. The number of aromatic nitrogens is 1. The fraction of sp³-hybridized carbons (Fsp3) is 0.556. The molecule has 0 N–H and O–H groups in total. The van der Waals surface area contributed by atoms with Gasteiger partial charge in [0.25, 0.3) is 0 Å². The van der Waals surface area contributed by atoms with E-state index >= 15 is 0 Å². The lowest BCUT2D eigenvalue weighted by atomic mass is 10.1. The maximum atomic E-state index is 5.40. The highest BCUT2D eigenvalue weighted by Gasteiger charge is 2.12. The first kappa shape index (κ1) is 18.2. The minimum absolute atomic E-state index is 0.622. The van der Waals surface area contributed by atoms with E-state index in [9.17, 15) is 0 Å². The van der Waals surface area contributed by atoms with Crippen molar-refractivity contribution in [2.75, 3.05) is 34.8 Å². The molecule has 5 heteroatoms. The number of hydrogen-bond donors (Lipinski definition) is 0. The number of benzene rings is 1. The molecule has 4 nitrogen and oxygen atoms in total. The third-order valence-corrected chi connectivity index (χ3v) is 4.52. The Labute approximate surface area is 144 Å². The molecular formula is C18H29N3OS. The van der Waals surface area contributed by atoms with Gasteiger partial charge >= 0.3 is 0 Å². The van der Waals surface area contributed by atoms with Crippen molar-refractivity contribution in [3.8, 4) is 5.75 Å². The van der Waals surface area contributed by atoms with Gasteiger partial charge in [-0.05, 0) is 51.2 Å². The Hall–Kier alpha value is -1.17. The predicted molar refractivity (Wildman–Crippen MR) is 101 cm³/mol. The van der Waals surface area contributed by atoms with Gasteiger partial charge in [-0.25, -0.2) is 8.61 Å². The Kier molecular flexibility index (Phi) is 6.39. The summed E-state index contributed by atoms with van der Waals surface area (Å²) >= 11 is 1.74. The Bertz CT molecular complexity index is 636. The number of fused-ring (bicyclic) bond motifs is 1. The normalized spacial score (nSPS) is 12.0. The molecular weight excluding hydrogens is 306 g/mol. The van der Waals surface area contributed by atoms with E-state index < -0.39 is 0 Å². The van der Waals surface area contributed by atoms with Gasteiger partial charge in [0.05, 0.1) is 12.6 Å². The zero-order valence-electron chi connectivity index (χ0n) is 15.2. The minimum Gasteiger partial charge on any atom is -0.497 e. The van der Waals surface area contributed by atoms with Crippen LogP contribution in [0.25, 0.3) is 10.9 Å². The van der Waals surface area contributed by atoms with Crippen LogP contribution in [-0.2, 0) is 13.0 Å². The van der Waals surface area contributed by atoms with E-state index in [0.717, 1.165) is 25.3 Å². The summed E-state index contributed by atoms with van der Waals surface area (Å²) in [5.41, 5.74) is 2.69. The summed E-state index contributed by atoms with van der Waals surface area (Å²) in [6.07, 6.45) is 3.36. The average molecular weight is 336 g/mol. The van der Waals surface area contributed by atoms with E-state index in [4.69, 9.17) is 4.74 Å². The fourth-order valence-electron chi connectivity index (χ4n) is 2.82. The Morgan fingerprint density at radius 2 is 1.96 bits per heavy atom. The maximum Gasteiger partial charge on any atom is 0.120 e. The van der Waals surface area contributed by atoms with Gasteiger partial charge in [-0.15, -0.1) is 0 Å². The van der Waals surface area contributed by atoms with Gasteiger partial charge in [-0.2, -0.15) is 0 Å². The molecule has 1 aromatic carbocycles. The molecule has 1 heterocycles. The van der Waals surface area contributed by atoms with Gasteiger partial charge in [0.1, 0.15) is 5.75 Å². The second-order valence-corrected chi connectivity index (χ2v) is 8.10. The van der Waals surface area contributed by atoms with Crippen molar-refractivity contribution in [1.82, 2.24) is 13.2 Å². The number of rotatable bonds is 8. The Morgan fingerprint density at radius 1 is 1.22 bits per heavy atom. The molecule has 0 saturated carbocycles. The quantitative estimate of drug-likeness (QED) is 0.682. The molecule has 2 rings (SSSR count). The molecule has 23 heavy (non-hydrogen) atoms. The van der Waals surface area contributed by atoms with Crippen LogP contribution in [0.1, 0.15) is 19.4 Å². The number of ether oxygens (including phenoxy) is 1. The van der Waals surface area contributed by atoms with E-state index in [1.165, 1.54) is 16.5 Å². The molecule has 0 aliphatic heterocycles. The average Bonchev–Trinajstić information content (AvgIpc) is 2.81. The van der Waals surface area contributed by atoms with E-state index in [2.05, 4.69) is 72.6 Å². The van der Waals surface area contributed by atoms with Crippen LogP contribution < -0.4 is 4.74 Å². The van der Waals surface area contributed by atoms with E-state index in [1.807, 2.05) is 0 Å². The summed E-state index contributed by atoms with van der Waals surface area (Å²) in [4.78, 5) is 0. The third-order valence-electron chi connectivity index (χ3n) is 3.73. The highest BCUT2D eigenvalue weighted by Crippen LogP contribution is 2.27. The zero-order chi connectivity index (χ0) is 17.0. The van der Waals surface area contributed by atoms with E-state index in [1.54, 1.807) is 19.2 Å². The Morgan fingerprint density at radius 3 is 2.57 bits per heavy atom. The summed E-state index contributed by atoms with van der Waals surface area (Å²) in [7, 11) is 8.01. The number of methoxy groups -OCH3 is 1. The lowest BCUT2D eigenvalue weighted by molar-refractivity contribution is 0.415. The van der Waals surface area contributed by atoms with Crippen LogP contribution >= 0.6 is 12.1 Å². The van der Waals surface area contributed by atoms with Crippen LogP contribution in [0.4, 0.5) is 0 Å². The minimum atomic E-state index is 0.622. The summed E-state index contributed by atoms with van der Waals surface area (Å²) in [6, 6.07) is 6.41. The van der Waals surface area contributed by atoms with Crippen molar-refractivity contribution in [1.29, 1.82) is 0 Å². The van der Waals surface area contributed by atoms with Gasteiger partial charge in [0, 0.05) is 42.9 Å². The van der Waals surface area contributed by atoms with Crippen molar-refractivity contribution in [2.45, 2.75) is 26.8 Å². The molecule has 0 saturated heterocycles. The molecule has 0 bridgehead atoms. The van der Waals surface area contributed by atoms with Crippen molar-refractivity contribution in [3.63, 3.8) is 0 Å². The molecule has 0 spiro atoms. The molecule has 0 aliphatic rings. The van der Waals surface area contributed by atoms with Crippen LogP contribution in [0.5, 0.6) is 5.75 Å². The van der Waals surface area contributed by atoms with Crippen LogP contribution in [0.3, 0.4) is 0 Å². The fourth-order valence-corrected chi connectivity index (χ4v) is 3.55. The largest absolute Gasteiger partial charge is 0.497 e. The number of hydrogen-bond acceptors (Lipinski definition) is 4. The molecule has 0 radical (unpaired) electrons. The molecule has 0 unspecified atom stereocenters. The van der Waals surface area contributed by atoms with E-state index in [0.29, 0.717) is 5.92 Å². The summed E-state index contributed by atoms with van der Waals surface area (Å²) < 4.78 is 12.2. The van der Waals surface area contributed by atoms with Crippen LogP contribution in [0.2, 0.25) is 0 Å². The highest BCUT2D eigenvalue weighted by molar-refractivity contribution is 7.94. The standard InChI is InChI=1S/C18H29N3OS/c1-14(2)12-21-13-15(9-10-20(5)23-19(3)4)17-8-7-16(22-6)11-18(17)21/h7-8,11,13-14H,9-10,12H2,1-6H3. The predicted octanol–water partition coefficient (Wildman–Crippen LogP) is 3.91. The van der Waals surface area contributed by atoms with Crippen molar-refractivity contribution >= 4 is 23.0 Å². The molecule has 128 valence electrons. The van der Waals surface area contributed by atoms with Crippen LogP contribution in [0.15, 0.2) is 24.4 Å². The molecule has 1 aromatic heterocycles. The first-order valence-corrected chi connectivity index (χ1v) is 8.86. The number of nitrogens with zero attached hydrogens (tertiary/aromatic N) is 3. The SMILES string of the molecule is COc1ccc2c(CCN(C)SN(C)C)cn(CC(C)C)c2c1. The molecule has 2 aromatic rings. The summed E-state index contributed by atoms with van der Waals surface area (Å²) in [6.45, 7) is 6.57. The van der Waals surface area contributed by atoms with E-state index in [-0.39, 0.29) is 0 Å². The van der Waals surface area contributed by atoms with Gasteiger partial charge in [-0.1, -0.05) is 13.8 Å². The van der Waals surface area contributed by atoms with Crippen molar-refractivity contribution in [2.24, 2.45) is 5.92 Å². The topological polar surface area (TPSA) is 20.6 Å². The maximum absolute atomic E-state index is 5.40. The smallest absolute Gasteiger partial charge is 0.120 e. The summed E-state index contributed by atoms with van der Waals surface area (Å²) in [5.74, 6) is 1.55. The lowest BCUT2D eigenvalue weighted by Crippen LogP contribution is -2.18. The van der Waals surface area contributed by atoms with Crippen LogP contribution in [-0.4, -0.2) is 48.0 Å². The molecule has 0 fully saturated rings. The Balaban J connectivity index is 2.25. The second kappa shape index (κ2) is 8.08. The third kappa shape index (κ3) is 4.90. The number of likely N-dealkylation sites (N-methyl/N-ethyl adjacent to an activating group) is 1. The van der Waals surface area contributed by atoms with Crippen LogP contribution in [0, 0.1) is 5.92 Å². The molecule has 0 aliphatic carbocycles. The first-order chi connectivity index (χ1) is 10.9. The van der Waals surface area contributed by atoms with Gasteiger partial charge in [0.2, 0.25) is 0 Å². The van der Waals surface area contributed by atoms with Gasteiger partial charge in [-0.3, -0.25) is 0 Å². The monoisotopic (exact) mass is 335 g/mol.